The highest BCUT2D eigenvalue weighted by Crippen LogP contribution is 2.26. The monoisotopic (exact) mass is 370 g/mol. The Kier molecular flexibility index (Phi) is 5.61. The Morgan fingerprint density at radius 1 is 1.15 bits per heavy atom. The van der Waals surface area contributed by atoms with Crippen molar-refractivity contribution in [2.45, 2.75) is 19.2 Å². The summed E-state index contributed by atoms with van der Waals surface area (Å²) in [7, 11) is 1.60. The topological polar surface area (TPSA) is 84.5 Å². The molecular formula is C20H19FN2O4. The molecule has 0 radical (unpaired) electrons. The molecule has 7 heteroatoms. The number of hydrogen-bond donors (Lipinski definition) is 2. The first-order chi connectivity index (χ1) is 13.0. The van der Waals surface area contributed by atoms with Gasteiger partial charge in [-0.2, -0.15) is 0 Å². The molecular weight excluding hydrogens is 351 g/mol. The summed E-state index contributed by atoms with van der Waals surface area (Å²) in [4.78, 5) is 36.6. The second kappa shape index (κ2) is 8.09. The van der Waals surface area contributed by atoms with Crippen molar-refractivity contribution in [2.75, 3.05) is 13.6 Å². The second-order valence-electron chi connectivity index (χ2n) is 6.22. The summed E-state index contributed by atoms with van der Waals surface area (Å²) in [5, 5.41) is 4.90. The summed E-state index contributed by atoms with van der Waals surface area (Å²) in [6.07, 6.45) is -1.51. The summed E-state index contributed by atoms with van der Waals surface area (Å²) in [5.74, 6) is -1.84. The lowest BCUT2D eigenvalue weighted by Crippen LogP contribution is -2.25. The fraction of sp³-hybridized carbons (Fsp3) is 0.250. The standard InChI is InChI=1S/C20H19FN2O4/c1-22-10-13(21)9-16-14(7-8-15-17(16)19(25)23-18(15)24)20(26)27-11-12-5-3-2-4-6-12/h2-8,13,22H,9-11H2,1H3,(H,23,24,25). The molecule has 0 saturated carbocycles. The first kappa shape index (κ1) is 18.7. The first-order valence-corrected chi connectivity index (χ1v) is 8.52. The molecule has 2 aromatic rings. The number of fused-ring (bicyclic) bond motifs is 1. The number of carbonyl (C=O) groups is 3. The number of carbonyl (C=O) groups excluding carboxylic acids is 3. The van der Waals surface area contributed by atoms with Crippen molar-refractivity contribution in [2.24, 2.45) is 0 Å². The molecule has 1 unspecified atom stereocenters. The maximum atomic E-state index is 14.2. The van der Waals surface area contributed by atoms with Gasteiger partial charge in [0.05, 0.1) is 16.7 Å². The molecule has 0 spiro atoms. The highest BCUT2D eigenvalue weighted by molar-refractivity contribution is 6.23. The van der Waals surface area contributed by atoms with Gasteiger partial charge in [0.15, 0.2) is 0 Å². The molecule has 6 nitrogen and oxygen atoms in total. The van der Waals surface area contributed by atoms with Gasteiger partial charge in [0, 0.05) is 13.0 Å². The maximum Gasteiger partial charge on any atom is 0.338 e. The zero-order valence-electron chi connectivity index (χ0n) is 14.8. The lowest BCUT2D eigenvalue weighted by atomic mass is 9.93. The summed E-state index contributed by atoms with van der Waals surface area (Å²) < 4.78 is 19.6. The fourth-order valence-corrected chi connectivity index (χ4v) is 3.05. The quantitative estimate of drug-likeness (QED) is 0.575. The van der Waals surface area contributed by atoms with E-state index in [1.165, 1.54) is 12.1 Å². The lowest BCUT2D eigenvalue weighted by molar-refractivity contribution is 0.0471. The van der Waals surface area contributed by atoms with Crippen LogP contribution in [0.15, 0.2) is 42.5 Å². The number of benzene rings is 2. The van der Waals surface area contributed by atoms with Gasteiger partial charge in [-0.3, -0.25) is 14.9 Å². The lowest BCUT2D eigenvalue weighted by Gasteiger charge is -2.15. The van der Waals surface area contributed by atoms with Crippen LogP contribution in [-0.4, -0.2) is 37.5 Å². The summed E-state index contributed by atoms with van der Waals surface area (Å²) in [5.41, 5.74) is 1.28. The molecule has 1 atom stereocenters. The Labute approximate surface area is 155 Å². The number of imide groups is 1. The van der Waals surface area contributed by atoms with Crippen LogP contribution < -0.4 is 10.6 Å². The van der Waals surface area contributed by atoms with Gasteiger partial charge in [-0.25, -0.2) is 9.18 Å². The van der Waals surface area contributed by atoms with E-state index in [1.807, 2.05) is 30.3 Å². The number of alkyl halides is 1. The average Bonchev–Trinajstić information content (AvgIpc) is 2.95. The van der Waals surface area contributed by atoms with Crippen LogP contribution in [0.3, 0.4) is 0 Å². The van der Waals surface area contributed by atoms with Gasteiger partial charge in [0.25, 0.3) is 11.8 Å². The third-order valence-electron chi connectivity index (χ3n) is 4.30. The molecule has 0 bridgehead atoms. The molecule has 2 aromatic carbocycles. The molecule has 2 amide bonds. The molecule has 1 heterocycles. The third kappa shape index (κ3) is 4.03. The predicted octanol–water partition coefficient (Wildman–Crippen LogP) is 2.03. The van der Waals surface area contributed by atoms with Crippen molar-refractivity contribution in [3.8, 4) is 0 Å². The third-order valence-corrected chi connectivity index (χ3v) is 4.30. The normalized spacial score (nSPS) is 13.9. The average molecular weight is 370 g/mol. The molecule has 0 fully saturated rings. The summed E-state index contributed by atoms with van der Waals surface area (Å²) >= 11 is 0. The SMILES string of the molecule is CNCC(F)Cc1c(C(=O)OCc2ccccc2)ccc2c1C(=O)NC2=O. The molecule has 0 aliphatic carbocycles. The van der Waals surface area contributed by atoms with Crippen LogP contribution in [0, 0.1) is 0 Å². The predicted molar refractivity (Wildman–Crippen MR) is 96.3 cm³/mol. The highest BCUT2D eigenvalue weighted by Gasteiger charge is 2.33. The van der Waals surface area contributed by atoms with E-state index in [2.05, 4.69) is 10.6 Å². The van der Waals surface area contributed by atoms with Crippen molar-refractivity contribution in [1.29, 1.82) is 0 Å². The van der Waals surface area contributed by atoms with E-state index in [0.717, 1.165) is 5.56 Å². The highest BCUT2D eigenvalue weighted by atomic mass is 19.1. The first-order valence-electron chi connectivity index (χ1n) is 8.52. The van der Waals surface area contributed by atoms with E-state index in [9.17, 15) is 18.8 Å². The minimum absolute atomic E-state index is 0.0490. The molecule has 140 valence electrons. The van der Waals surface area contributed by atoms with Gasteiger partial charge in [0.1, 0.15) is 12.8 Å². The van der Waals surface area contributed by atoms with Crippen molar-refractivity contribution < 1.29 is 23.5 Å². The molecule has 1 aliphatic heterocycles. The second-order valence-corrected chi connectivity index (χ2v) is 6.22. The Morgan fingerprint density at radius 3 is 2.59 bits per heavy atom. The number of hydrogen-bond acceptors (Lipinski definition) is 5. The van der Waals surface area contributed by atoms with Gasteiger partial charge in [-0.05, 0) is 30.3 Å². The van der Waals surface area contributed by atoms with Crippen LogP contribution in [0.4, 0.5) is 4.39 Å². The molecule has 1 aliphatic rings. The van der Waals surface area contributed by atoms with Crippen molar-refractivity contribution in [1.82, 2.24) is 10.6 Å². The molecule has 3 rings (SSSR count). The minimum Gasteiger partial charge on any atom is -0.457 e. The van der Waals surface area contributed by atoms with Crippen molar-refractivity contribution in [3.63, 3.8) is 0 Å². The smallest absolute Gasteiger partial charge is 0.338 e. The van der Waals surface area contributed by atoms with E-state index in [0.29, 0.717) is 0 Å². The number of esters is 1. The van der Waals surface area contributed by atoms with E-state index < -0.39 is 24.0 Å². The van der Waals surface area contributed by atoms with Gasteiger partial charge in [-0.15, -0.1) is 0 Å². The van der Waals surface area contributed by atoms with Crippen LogP contribution in [0.25, 0.3) is 0 Å². The Bertz CT molecular complexity index is 883. The Balaban J connectivity index is 1.91. The molecule has 27 heavy (non-hydrogen) atoms. The summed E-state index contributed by atoms with van der Waals surface area (Å²) in [6.45, 7) is 0.106. The van der Waals surface area contributed by atoms with Crippen molar-refractivity contribution in [3.05, 3.63) is 70.3 Å². The number of rotatable bonds is 7. The molecule has 0 saturated heterocycles. The van der Waals surface area contributed by atoms with Crippen molar-refractivity contribution >= 4 is 17.8 Å². The van der Waals surface area contributed by atoms with Gasteiger partial charge < -0.3 is 10.1 Å². The molecule has 2 N–H and O–H groups in total. The summed E-state index contributed by atoms with van der Waals surface area (Å²) in [6, 6.07) is 11.9. The number of amides is 2. The van der Waals surface area contributed by atoms with E-state index in [1.54, 1.807) is 7.05 Å². The number of halogens is 1. The van der Waals surface area contributed by atoms with Gasteiger partial charge in [-0.1, -0.05) is 30.3 Å². The Morgan fingerprint density at radius 2 is 1.89 bits per heavy atom. The van der Waals surface area contributed by atoms with E-state index in [4.69, 9.17) is 4.74 Å². The Hall–Kier alpha value is -3.06. The van der Waals surface area contributed by atoms with Crippen LogP contribution in [-0.2, 0) is 17.8 Å². The van der Waals surface area contributed by atoms with E-state index >= 15 is 0 Å². The maximum absolute atomic E-state index is 14.2. The number of nitrogens with one attached hydrogen (secondary N) is 2. The number of ether oxygens (including phenoxy) is 1. The van der Waals surface area contributed by atoms with Crippen LogP contribution in [0.2, 0.25) is 0 Å². The van der Waals surface area contributed by atoms with Crippen LogP contribution in [0.5, 0.6) is 0 Å². The van der Waals surface area contributed by atoms with E-state index in [-0.39, 0.29) is 41.8 Å². The zero-order valence-corrected chi connectivity index (χ0v) is 14.8. The van der Waals surface area contributed by atoms with Crippen LogP contribution >= 0.6 is 0 Å². The van der Waals surface area contributed by atoms with Gasteiger partial charge in [0.2, 0.25) is 0 Å². The van der Waals surface area contributed by atoms with Gasteiger partial charge >= 0.3 is 5.97 Å². The minimum atomic E-state index is -1.33. The fourth-order valence-electron chi connectivity index (χ4n) is 3.05. The molecule has 0 aromatic heterocycles. The van der Waals surface area contributed by atoms with Crippen LogP contribution in [0.1, 0.15) is 42.2 Å². The zero-order chi connectivity index (χ0) is 19.4. The largest absolute Gasteiger partial charge is 0.457 e.